The molecule has 3 fully saturated rings. The normalized spacial score (nSPS) is 18.9. The molecule has 2 atom stereocenters. The van der Waals surface area contributed by atoms with Crippen LogP contribution in [0.4, 0.5) is 10.5 Å². The van der Waals surface area contributed by atoms with Gasteiger partial charge in [0.05, 0.1) is 26.5 Å². The van der Waals surface area contributed by atoms with Crippen molar-refractivity contribution in [1.29, 1.82) is 0 Å². The Morgan fingerprint density at radius 2 is 1.76 bits per heavy atom. The second-order valence-corrected chi connectivity index (χ2v) is 14.1. The number of amides is 1. The van der Waals surface area contributed by atoms with Gasteiger partial charge in [-0.1, -0.05) is 35.3 Å². The number of hydrogen-bond donors (Lipinski definition) is 3. The molecule has 14 heteroatoms. The number of methoxy groups -OCH3 is 2. The van der Waals surface area contributed by atoms with E-state index in [4.69, 9.17) is 37.4 Å². The quantitative estimate of drug-likeness (QED) is 0.115. The molecule has 258 valence electrons. The Morgan fingerprint density at radius 1 is 1.04 bits per heavy atom. The topological polar surface area (TPSA) is 133 Å². The van der Waals surface area contributed by atoms with Crippen LogP contribution in [0.3, 0.4) is 0 Å². The zero-order valence-corrected chi connectivity index (χ0v) is 29.2. The van der Waals surface area contributed by atoms with Gasteiger partial charge in [0.1, 0.15) is 26.8 Å². The Kier molecular flexibility index (Phi) is 10.4. The standard InChI is InChI=1S/C35H35Cl2N3O8S/c1-46-30-7-6-21(12-31(30)47-2)25(15-27-28(36)17-39(45)18-29(27)37)26-14-24(49-33(26)34(42)43)16-40(22-4-3-5-23(41)13-22)35(44)48-32-19-38-10-8-20(32)9-11-38/h3-7,12-14,17-18,20,25,32H,8-11,15-16,19H2,1-2H3,(H2-,41,42,43,45)/p+1/t25-,32-/m0/s1. The van der Waals surface area contributed by atoms with Crippen LogP contribution < -0.4 is 19.1 Å². The average molecular weight is 730 g/mol. The molecule has 11 nitrogen and oxygen atoms in total. The molecule has 2 bridgehead atoms. The second kappa shape index (κ2) is 14.7. The summed E-state index contributed by atoms with van der Waals surface area (Å²) in [5.74, 6) is -0.546. The smallest absolute Gasteiger partial charge is 0.414 e. The number of ether oxygens (including phenoxy) is 3. The molecule has 0 radical (unpaired) electrons. The lowest BCUT2D eigenvalue weighted by atomic mass is 9.85. The summed E-state index contributed by atoms with van der Waals surface area (Å²) >= 11 is 14.1. The molecule has 1 amide bonds. The van der Waals surface area contributed by atoms with E-state index in [1.54, 1.807) is 30.3 Å². The van der Waals surface area contributed by atoms with Gasteiger partial charge in [-0.3, -0.25) is 15.0 Å². The molecule has 2 aromatic heterocycles. The van der Waals surface area contributed by atoms with Crippen molar-refractivity contribution in [2.24, 2.45) is 5.92 Å². The summed E-state index contributed by atoms with van der Waals surface area (Å²) in [5, 5.41) is 31.2. The number of carboxylic acids is 1. The third kappa shape index (κ3) is 7.52. The first-order chi connectivity index (χ1) is 23.5. The van der Waals surface area contributed by atoms with Crippen LogP contribution >= 0.6 is 34.5 Å². The van der Waals surface area contributed by atoms with Crippen LogP contribution in [0.25, 0.3) is 0 Å². The van der Waals surface area contributed by atoms with Crippen LogP contribution in [-0.2, 0) is 17.7 Å². The molecule has 3 saturated heterocycles. The van der Waals surface area contributed by atoms with Gasteiger partial charge in [0, 0.05) is 33.7 Å². The molecule has 2 aromatic carbocycles. The Bertz CT molecular complexity index is 1840. The fraction of sp³-hybridized carbons (Fsp3) is 0.343. The molecule has 49 heavy (non-hydrogen) atoms. The molecule has 0 unspecified atom stereocenters. The van der Waals surface area contributed by atoms with Crippen molar-refractivity contribution in [2.75, 3.05) is 38.8 Å². The van der Waals surface area contributed by atoms with E-state index in [0.29, 0.717) is 45.3 Å². The predicted octanol–water partition coefficient (Wildman–Crippen LogP) is 6.61. The van der Waals surface area contributed by atoms with Gasteiger partial charge in [0.25, 0.3) is 0 Å². The van der Waals surface area contributed by atoms with Gasteiger partial charge in [-0.15, -0.1) is 11.3 Å². The van der Waals surface area contributed by atoms with Gasteiger partial charge in [-0.05, 0) is 79.7 Å². The summed E-state index contributed by atoms with van der Waals surface area (Å²) in [6.07, 6.45) is 3.88. The first kappa shape index (κ1) is 34.6. The van der Waals surface area contributed by atoms with E-state index in [2.05, 4.69) is 4.90 Å². The summed E-state index contributed by atoms with van der Waals surface area (Å²) in [6, 6.07) is 13.4. The fourth-order valence-corrected chi connectivity index (χ4v) is 8.35. The predicted molar refractivity (Wildman–Crippen MR) is 184 cm³/mol. The van der Waals surface area contributed by atoms with Gasteiger partial charge >= 0.3 is 12.1 Å². The van der Waals surface area contributed by atoms with Crippen molar-refractivity contribution in [1.82, 2.24) is 4.90 Å². The molecule has 7 rings (SSSR count). The molecule has 5 heterocycles. The van der Waals surface area contributed by atoms with E-state index in [9.17, 15) is 25.0 Å². The van der Waals surface area contributed by atoms with Crippen LogP contribution in [0.5, 0.6) is 17.2 Å². The SMILES string of the molecule is COc1ccc([C@H](Cc2c(Cl)c[n+](O)cc2Cl)c2cc(CN(C(=O)O[C@H]3CN4CCC3CC4)c3cccc(O)c3)sc2C(=O)O)cc1OC. The number of piperidine rings is 3. The molecular formula is C35H36Cl2N3O8S+. The van der Waals surface area contributed by atoms with Crippen LogP contribution in [0, 0.1) is 5.92 Å². The first-order valence-electron chi connectivity index (χ1n) is 15.7. The summed E-state index contributed by atoms with van der Waals surface area (Å²) in [5.41, 5.74) is 2.08. The van der Waals surface area contributed by atoms with Gasteiger partial charge < -0.3 is 24.4 Å². The van der Waals surface area contributed by atoms with Crippen molar-refractivity contribution in [3.8, 4) is 17.2 Å². The van der Waals surface area contributed by atoms with Crippen molar-refractivity contribution in [3.63, 3.8) is 0 Å². The van der Waals surface area contributed by atoms with E-state index < -0.39 is 18.0 Å². The highest BCUT2D eigenvalue weighted by Crippen LogP contribution is 2.41. The lowest BCUT2D eigenvalue weighted by molar-refractivity contribution is -0.904. The van der Waals surface area contributed by atoms with E-state index in [1.165, 1.54) is 43.6 Å². The van der Waals surface area contributed by atoms with Crippen molar-refractivity contribution < 1.29 is 44.0 Å². The van der Waals surface area contributed by atoms with Gasteiger partial charge in [-0.2, -0.15) is 0 Å². The molecule has 0 saturated carbocycles. The second-order valence-electron chi connectivity index (χ2n) is 12.2. The van der Waals surface area contributed by atoms with Crippen LogP contribution in [0.15, 0.2) is 60.9 Å². The number of thiophene rings is 1. The summed E-state index contributed by atoms with van der Waals surface area (Å²) in [4.78, 5) is 31.1. The number of phenols is 1. The molecular weight excluding hydrogens is 693 g/mol. The highest BCUT2D eigenvalue weighted by Gasteiger charge is 2.38. The maximum absolute atomic E-state index is 13.9. The van der Waals surface area contributed by atoms with E-state index in [-0.39, 0.29) is 45.7 Å². The van der Waals surface area contributed by atoms with Crippen molar-refractivity contribution in [2.45, 2.75) is 37.8 Å². The number of carbonyl (C=O) groups is 2. The number of aromatic hydroxyl groups is 1. The largest absolute Gasteiger partial charge is 0.508 e. The zero-order valence-electron chi connectivity index (χ0n) is 26.8. The number of phenolic OH excluding ortho intramolecular Hbond substituents is 1. The third-order valence-electron chi connectivity index (χ3n) is 9.19. The number of halogens is 2. The maximum Gasteiger partial charge on any atom is 0.414 e. The number of carbonyl (C=O) groups excluding carboxylic acids is 1. The van der Waals surface area contributed by atoms with Crippen molar-refractivity contribution >= 4 is 52.3 Å². The Morgan fingerprint density at radius 3 is 2.37 bits per heavy atom. The number of carboxylic acid groups (broad SMARTS) is 1. The third-order valence-corrected chi connectivity index (χ3v) is 11.0. The monoisotopic (exact) mass is 728 g/mol. The van der Waals surface area contributed by atoms with Gasteiger partial charge in [0.2, 0.25) is 12.4 Å². The van der Waals surface area contributed by atoms with Gasteiger partial charge in [-0.25, -0.2) is 9.59 Å². The van der Waals surface area contributed by atoms with E-state index in [1.807, 2.05) is 6.07 Å². The number of nitrogens with zero attached hydrogens (tertiary/aromatic N) is 3. The lowest BCUT2D eigenvalue weighted by Gasteiger charge is -2.44. The minimum absolute atomic E-state index is 0.00957. The number of rotatable bonds is 11. The van der Waals surface area contributed by atoms with Crippen LogP contribution in [0.1, 0.15) is 50.0 Å². The number of aromatic carboxylic acids is 1. The number of pyridine rings is 1. The Balaban J connectivity index is 1.40. The maximum atomic E-state index is 13.9. The molecule has 3 aliphatic rings. The Labute approximate surface area is 297 Å². The minimum atomic E-state index is -1.14. The van der Waals surface area contributed by atoms with Crippen LogP contribution in [0.2, 0.25) is 10.0 Å². The highest BCUT2D eigenvalue weighted by molar-refractivity contribution is 7.14. The van der Waals surface area contributed by atoms with E-state index >= 15 is 0 Å². The molecule has 0 spiro atoms. The molecule has 4 aromatic rings. The van der Waals surface area contributed by atoms with E-state index in [0.717, 1.165) is 42.0 Å². The number of fused-ring (bicyclic) bond motifs is 3. The zero-order chi connectivity index (χ0) is 34.8. The molecule has 0 aliphatic carbocycles. The van der Waals surface area contributed by atoms with Gasteiger partial charge in [0.15, 0.2) is 11.5 Å². The Hall–Kier alpha value is -4.23. The lowest BCUT2D eigenvalue weighted by Crippen LogP contribution is -2.53. The summed E-state index contributed by atoms with van der Waals surface area (Å²) in [6.45, 7) is 2.64. The molecule has 3 N–H and O–H groups in total. The average Bonchev–Trinajstić information content (AvgIpc) is 3.51. The first-order valence-corrected chi connectivity index (χ1v) is 17.3. The van der Waals surface area contributed by atoms with Crippen LogP contribution in [-0.4, -0.2) is 72.3 Å². The number of hydrogen-bond acceptors (Lipinski definition) is 9. The minimum Gasteiger partial charge on any atom is -0.508 e. The molecule has 3 aliphatic heterocycles. The summed E-state index contributed by atoms with van der Waals surface area (Å²) in [7, 11) is 3.04. The summed E-state index contributed by atoms with van der Waals surface area (Å²) < 4.78 is 17.9. The van der Waals surface area contributed by atoms with Crippen molar-refractivity contribution in [3.05, 3.63) is 97.4 Å². The highest BCUT2D eigenvalue weighted by atomic mass is 35.5. The fourth-order valence-electron chi connectivity index (χ4n) is 6.69. The number of benzene rings is 2. The number of aromatic nitrogens is 1. The number of anilines is 1.